The molecule has 0 bridgehead atoms. The molecule has 0 spiro atoms. The molecule has 1 aromatic carbocycles. The normalized spacial score (nSPS) is 10.2. The first-order chi connectivity index (χ1) is 8.22. The molecule has 0 aliphatic carbocycles. The number of thioether (sulfide) groups is 1. The molecule has 17 heavy (non-hydrogen) atoms. The predicted molar refractivity (Wildman–Crippen MR) is 75.5 cm³/mol. The Kier molecular flexibility index (Phi) is 6.74. The van der Waals surface area contributed by atoms with Gasteiger partial charge < -0.3 is 10.6 Å². The molecule has 3 nitrogen and oxygen atoms in total. The molecule has 0 aromatic heterocycles. The lowest BCUT2D eigenvalue weighted by Crippen LogP contribution is -2.15. The molecule has 0 heterocycles. The van der Waals surface area contributed by atoms with E-state index in [0.717, 1.165) is 18.8 Å². The van der Waals surface area contributed by atoms with Gasteiger partial charge in [-0.1, -0.05) is 12.1 Å². The minimum absolute atomic E-state index is 0.0343. The Morgan fingerprint density at radius 3 is 2.59 bits per heavy atom. The number of carbonyl (C=O) groups is 1. The van der Waals surface area contributed by atoms with Crippen LogP contribution in [-0.2, 0) is 11.3 Å². The second kappa shape index (κ2) is 8.14. The van der Waals surface area contributed by atoms with Gasteiger partial charge in [0.25, 0.3) is 0 Å². The summed E-state index contributed by atoms with van der Waals surface area (Å²) >= 11 is 1.88. The van der Waals surface area contributed by atoms with Crippen molar-refractivity contribution < 1.29 is 4.79 Å². The van der Waals surface area contributed by atoms with Crippen molar-refractivity contribution >= 4 is 23.4 Å². The van der Waals surface area contributed by atoms with Gasteiger partial charge in [0.1, 0.15) is 0 Å². The highest BCUT2D eigenvalue weighted by Gasteiger charge is 1.96. The number of amides is 1. The Hall–Kier alpha value is -1.00. The van der Waals surface area contributed by atoms with Crippen molar-refractivity contribution in [1.82, 2.24) is 5.32 Å². The van der Waals surface area contributed by atoms with Crippen LogP contribution in [0.5, 0.6) is 0 Å². The molecular formula is C13H20N2OS. The van der Waals surface area contributed by atoms with E-state index in [0.29, 0.717) is 0 Å². The number of hydrogen-bond donors (Lipinski definition) is 2. The van der Waals surface area contributed by atoms with Crippen LogP contribution in [0.25, 0.3) is 0 Å². The van der Waals surface area contributed by atoms with Crippen LogP contribution in [-0.4, -0.2) is 24.5 Å². The summed E-state index contributed by atoms with van der Waals surface area (Å²) in [7, 11) is 0. The Balaban J connectivity index is 2.28. The van der Waals surface area contributed by atoms with E-state index >= 15 is 0 Å². The topological polar surface area (TPSA) is 41.1 Å². The summed E-state index contributed by atoms with van der Waals surface area (Å²) in [5.74, 6) is 1.17. The van der Waals surface area contributed by atoms with Crippen LogP contribution in [0.15, 0.2) is 24.3 Å². The molecule has 94 valence electrons. The molecule has 0 aliphatic heterocycles. The smallest absolute Gasteiger partial charge is 0.221 e. The van der Waals surface area contributed by atoms with Gasteiger partial charge >= 0.3 is 0 Å². The van der Waals surface area contributed by atoms with E-state index in [1.54, 1.807) is 0 Å². The zero-order valence-electron chi connectivity index (χ0n) is 10.5. The molecule has 1 rings (SSSR count). The SMILES string of the molecule is CSCCCNCc1ccc(NC(C)=O)cc1. The van der Waals surface area contributed by atoms with Crippen LogP contribution in [0.2, 0.25) is 0 Å². The van der Waals surface area contributed by atoms with Crippen molar-refractivity contribution in [3.8, 4) is 0 Å². The highest BCUT2D eigenvalue weighted by molar-refractivity contribution is 7.98. The van der Waals surface area contributed by atoms with Crippen molar-refractivity contribution in [1.29, 1.82) is 0 Å². The molecular weight excluding hydrogens is 232 g/mol. The van der Waals surface area contributed by atoms with Crippen LogP contribution < -0.4 is 10.6 Å². The third-order valence-corrected chi connectivity index (χ3v) is 3.00. The van der Waals surface area contributed by atoms with Crippen molar-refractivity contribution in [3.63, 3.8) is 0 Å². The quantitative estimate of drug-likeness (QED) is 0.733. The first kappa shape index (κ1) is 14.1. The third kappa shape index (κ3) is 6.34. The van der Waals surface area contributed by atoms with Gasteiger partial charge in [0.15, 0.2) is 0 Å². The van der Waals surface area contributed by atoms with Gasteiger partial charge in [-0.3, -0.25) is 4.79 Å². The number of anilines is 1. The Bertz CT molecular complexity index is 338. The summed E-state index contributed by atoms with van der Waals surface area (Å²) in [6.07, 6.45) is 3.33. The first-order valence-electron chi connectivity index (χ1n) is 5.78. The Labute approximate surface area is 107 Å². The first-order valence-corrected chi connectivity index (χ1v) is 7.18. The standard InChI is InChI=1S/C13H20N2OS/c1-11(16)15-13-6-4-12(5-7-13)10-14-8-3-9-17-2/h4-7,14H,3,8-10H2,1-2H3,(H,15,16). The number of nitrogens with one attached hydrogen (secondary N) is 2. The van der Waals surface area contributed by atoms with Crippen molar-refractivity contribution in [3.05, 3.63) is 29.8 Å². The maximum Gasteiger partial charge on any atom is 0.221 e. The number of benzene rings is 1. The largest absolute Gasteiger partial charge is 0.326 e. The third-order valence-electron chi connectivity index (χ3n) is 2.31. The van der Waals surface area contributed by atoms with Crippen LogP contribution in [0.4, 0.5) is 5.69 Å². The second-order valence-corrected chi connectivity index (χ2v) is 4.89. The average Bonchev–Trinajstić information content (AvgIpc) is 2.30. The van der Waals surface area contributed by atoms with Crippen LogP contribution in [0.3, 0.4) is 0 Å². The van der Waals surface area contributed by atoms with E-state index in [-0.39, 0.29) is 5.91 Å². The number of rotatable bonds is 7. The summed E-state index contributed by atoms with van der Waals surface area (Å²) in [5.41, 5.74) is 2.09. The summed E-state index contributed by atoms with van der Waals surface area (Å²) in [6.45, 7) is 3.45. The van der Waals surface area contributed by atoms with Crippen molar-refractivity contribution in [2.24, 2.45) is 0 Å². The minimum Gasteiger partial charge on any atom is -0.326 e. The van der Waals surface area contributed by atoms with E-state index in [4.69, 9.17) is 0 Å². The molecule has 0 radical (unpaired) electrons. The summed E-state index contributed by atoms with van der Waals surface area (Å²) in [6, 6.07) is 7.93. The fraction of sp³-hybridized carbons (Fsp3) is 0.462. The maximum atomic E-state index is 10.8. The highest BCUT2D eigenvalue weighted by Crippen LogP contribution is 2.09. The average molecular weight is 252 g/mol. The molecule has 0 aliphatic rings. The lowest BCUT2D eigenvalue weighted by molar-refractivity contribution is -0.114. The molecule has 0 saturated heterocycles. The van der Waals surface area contributed by atoms with Crippen molar-refractivity contribution in [2.45, 2.75) is 19.9 Å². The van der Waals surface area contributed by atoms with Crippen LogP contribution in [0, 0.1) is 0 Å². The summed E-state index contributed by atoms with van der Waals surface area (Å²) in [4.78, 5) is 10.8. The number of hydrogen-bond acceptors (Lipinski definition) is 3. The molecule has 1 amide bonds. The van der Waals surface area contributed by atoms with Gasteiger partial charge in [0.2, 0.25) is 5.91 Å². The molecule has 1 aromatic rings. The van der Waals surface area contributed by atoms with E-state index in [2.05, 4.69) is 16.9 Å². The van der Waals surface area contributed by atoms with Crippen LogP contribution >= 0.6 is 11.8 Å². The summed E-state index contributed by atoms with van der Waals surface area (Å²) < 4.78 is 0. The summed E-state index contributed by atoms with van der Waals surface area (Å²) in [5, 5.41) is 6.15. The maximum absolute atomic E-state index is 10.8. The van der Waals surface area contributed by atoms with Gasteiger partial charge in [0, 0.05) is 19.2 Å². The van der Waals surface area contributed by atoms with Gasteiger partial charge in [-0.25, -0.2) is 0 Å². The molecule has 0 unspecified atom stereocenters. The van der Waals surface area contributed by atoms with Gasteiger partial charge in [-0.15, -0.1) is 0 Å². The lowest BCUT2D eigenvalue weighted by Gasteiger charge is -2.06. The van der Waals surface area contributed by atoms with Crippen molar-refractivity contribution in [2.75, 3.05) is 23.9 Å². The molecule has 4 heteroatoms. The lowest BCUT2D eigenvalue weighted by atomic mass is 10.2. The fourth-order valence-electron chi connectivity index (χ4n) is 1.48. The van der Waals surface area contributed by atoms with Gasteiger partial charge in [-0.2, -0.15) is 11.8 Å². The van der Waals surface area contributed by atoms with E-state index in [1.807, 2.05) is 36.0 Å². The second-order valence-electron chi connectivity index (χ2n) is 3.90. The molecule has 0 atom stereocenters. The Morgan fingerprint density at radius 1 is 1.29 bits per heavy atom. The molecule has 0 saturated carbocycles. The van der Waals surface area contributed by atoms with E-state index < -0.39 is 0 Å². The zero-order valence-corrected chi connectivity index (χ0v) is 11.3. The number of carbonyl (C=O) groups excluding carboxylic acids is 1. The minimum atomic E-state index is -0.0343. The van der Waals surface area contributed by atoms with E-state index in [9.17, 15) is 4.79 Å². The highest BCUT2D eigenvalue weighted by atomic mass is 32.2. The predicted octanol–water partition coefficient (Wildman–Crippen LogP) is 2.49. The van der Waals surface area contributed by atoms with Gasteiger partial charge in [0.05, 0.1) is 0 Å². The molecule has 0 fully saturated rings. The van der Waals surface area contributed by atoms with Gasteiger partial charge in [-0.05, 0) is 42.7 Å². The van der Waals surface area contributed by atoms with E-state index in [1.165, 1.54) is 24.7 Å². The zero-order chi connectivity index (χ0) is 12.5. The molecule has 2 N–H and O–H groups in total. The Morgan fingerprint density at radius 2 is 2.00 bits per heavy atom. The monoisotopic (exact) mass is 252 g/mol. The fourth-order valence-corrected chi connectivity index (χ4v) is 1.92. The van der Waals surface area contributed by atoms with Crippen LogP contribution in [0.1, 0.15) is 18.9 Å².